The first kappa shape index (κ1) is 18.9. The molecule has 0 amide bonds. The van der Waals surface area contributed by atoms with Crippen molar-refractivity contribution >= 4 is 23.9 Å². The van der Waals surface area contributed by atoms with Crippen LogP contribution in [0.1, 0.15) is 51.4 Å². The summed E-state index contributed by atoms with van der Waals surface area (Å²) in [7, 11) is 0. The zero-order valence-electron chi connectivity index (χ0n) is 11.6. The van der Waals surface area contributed by atoms with E-state index in [0.29, 0.717) is 25.7 Å². The van der Waals surface area contributed by atoms with Crippen LogP contribution in [-0.4, -0.2) is 44.3 Å². The topological polar surface area (TPSA) is 149 Å². The van der Waals surface area contributed by atoms with Gasteiger partial charge in [0.2, 0.25) is 0 Å². The van der Waals surface area contributed by atoms with Gasteiger partial charge in [-0.05, 0) is 12.8 Å². The van der Waals surface area contributed by atoms with E-state index in [1.807, 2.05) is 0 Å². The van der Waals surface area contributed by atoms with E-state index in [-0.39, 0.29) is 12.8 Å². The lowest BCUT2D eigenvalue weighted by molar-refractivity contribution is -0.176. The number of hydrogen-bond donors (Lipinski definition) is 4. The van der Waals surface area contributed by atoms with Crippen LogP contribution in [0.3, 0.4) is 0 Å². The molecule has 21 heavy (non-hydrogen) atoms. The molecule has 0 aromatic heterocycles. The van der Waals surface area contributed by atoms with Gasteiger partial charge in [0.05, 0.1) is 0 Å². The lowest BCUT2D eigenvalue weighted by Gasteiger charge is -2.19. The quantitative estimate of drug-likeness (QED) is 0.312. The molecule has 0 saturated carbocycles. The molecule has 0 atom stereocenters. The van der Waals surface area contributed by atoms with Gasteiger partial charge in [0.1, 0.15) is 0 Å². The summed E-state index contributed by atoms with van der Waals surface area (Å²) >= 11 is 0. The average molecular weight is 304 g/mol. The number of aliphatic carboxylic acids is 4. The summed E-state index contributed by atoms with van der Waals surface area (Å²) in [6.07, 6.45) is 2.99. The number of unbranched alkanes of at least 4 members (excludes halogenated alkanes) is 5. The van der Waals surface area contributed by atoms with Gasteiger partial charge in [0.15, 0.2) is 0 Å². The van der Waals surface area contributed by atoms with Gasteiger partial charge in [0, 0.05) is 6.42 Å². The van der Waals surface area contributed by atoms with Gasteiger partial charge in [-0.1, -0.05) is 32.1 Å². The highest BCUT2D eigenvalue weighted by Crippen LogP contribution is 2.27. The van der Waals surface area contributed by atoms with Gasteiger partial charge in [-0.2, -0.15) is 0 Å². The maximum absolute atomic E-state index is 11.0. The zero-order chi connectivity index (χ0) is 16.5. The van der Waals surface area contributed by atoms with Gasteiger partial charge in [-0.3, -0.25) is 19.2 Å². The molecular weight excluding hydrogens is 284 g/mol. The molecule has 0 aliphatic rings. The molecule has 8 nitrogen and oxygen atoms in total. The zero-order valence-corrected chi connectivity index (χ0v) is 11.6. The predicted octanol–water partition coefficient (Wildman–Crippen LogP) is 1.43. The van der Waals surface area contributed by atoms with Crippen molar-refractivity contribution in [3.63, 3.8) is 0 Å². The maximum Gasteiger partial charge on any atom is 0.332 e. The van der Waals surface area contributed by atoms with E-state index < -0.39 is 35.7 Å². The maximum atomic E-state index is 11.0. The van der Waals surface area contributed by atoms with E-state index in [1.54, 1.807) is 0 Å². The van der Waals surface area contributed by atoms with E-state index in [9.17, 15) is 19.2 Å². The summed E-state index contributed by atoms with van der Waals surface area (Å²) in [6, 6.07) is 0. The molecule has 8 heteroatoms. The summed E-state index contributed by atoms with van der Waals surface area (Å²) in [5.74, 6) is -6.47. The Bertz CT molecular complexity index is 365. The highest BCUT2D eigenvalue weighted by molar-refractivity contribution is 6.16. The molecule has 0 aromatic carbocycles. The van der Waals surface area contributed by atoms with E-state index in [0.717, 1.165) is 6.42 Å². The Morgan fingerprint density at radius 1 is 0.619 bits per heavy atom. The first-order valence-electron chi connectivity index (χ1n) is 6.67. The van der Waals surface area contributed by atoms with Crippen molar-refractivity contribution in [3.8, 4) is 0 Å². The fraction of sp³-hybridized carbons (Fsp3) is 0.692. The Hall–Kier alpha value is -2.12. The molecule has 0 aliphatic carbocycles. The van der Waals surface area contributed by atoms with Gasteiger partial charge in [0.25, 0.3) is 5.41 Å². The monoisotopic (exact) mass is 304 g/mol. The number of hydrogen-bond acceptors (Lipinski definition) is 4. The van der Waals surface area contributed by atoms with E-state index in [2.05, 4.69) is 0 Å². The summed E-state index contributed by atoms with van der Waals surface area (Å²) in [5.41, 5.74) is -2.79. The summed E-state index contributed by atoms with van der Waals surface area (Å²) < 4.78 is 0. The van der Waals surface area contributed by atoms with Crippen molar-refractivity contribution in [2.24, 2.45) is 5.41 Å². The van der Waals surface area contributed by atoms with Crippen molar-refractivity contribution in [1.82, 2.24) is 0 Å². The van der Waals surface area contributed by atoms with Crippen LogP contribution in [0.15, 0.2) is 0 Å². The van der Waals surface area contributed by atoms with Crippen LogP contribution >= 0.6 is 0 Å². The number of carboxylic acids is 4. The van der Waals surface area contributed by atoms with Crippen LogP contribution in [0.4, 0.5) is 0 Å². The number of carbonyl (C=O) groups is 4. The summed E-state index contributed by atoms with van der Waals surface area (Å²) in [4.78, 5) is 43.1. The first-order valence-corrected chi connectivity index (χ1v) is 6.67. The van der Waals surface area contributed by atoms with Crippen LogP contribution in [0.5, 0.6) is 0 Å². The van der Waals surface area contributed by atoms with Crippen molar-refractivity contribution in [3.05, 3.63) is 0 Å². The second kappa shape index (κ2) is 8.93. The molecule has 0 rings (SSSR count). The van der Waals surface area contributed by atoms with Crippen molar-refractivity contribution in [2.45, 2.75) is 51.4 Å². The third kappa shape index (κ3) is 5.80. The Morgan fingerprint density at radius 2 is 1.00 bits per heavy atom. The molecule has 0 saturated heterocycles. The lowest BCUT2D eigenvalue weighted by Crippen LogP contribution is -2.46. The van der Waals surface area contributed by atoms with Crippen LogP contribution in [-0.2, 0) is 19.2 Å². The molecule has 0 heterocycles. The molecule has 0 fully saturated rings. The molecule has 0 aliphatic heterocycles. The van der Waals surface area contributed by atoms with Crippen molar-refractivity contribution in [2.75, 3.05) is 0 Å². The molecule has 4 N–H and O–H groups in total. The minimum absolute atomic E-state index is 0.0974. The second-order valence-corrected chi connectivity index (χ2v) is 4.84. The third-order valence-corrected chi connectivity index (χ3v) is 3.29. The van der Waals surface area contributed by atoms with Crippen molar-refractivity contribution in [1.29, 1.82) is 0 Å². The van der Waals surface area contributed by atoms with E-state index in [1.165, 1.54) is 0 Å². The highest BCUT2D eigenvalue weighted by atomic mass is 16.4. The highest BCUT2D eigenvalue weighted by Gasteiger charge is 2.53. The van der Waals surface area contributed by atoms with Crippen LogP contribution < -0.4 is 0 Å². The van der Waals surface area contributed by atoms with Crippen LogP contribution in [0.2, 0.25) is 0 Å². The molecule has 0 radical (unpaired) electrons. The van der Waals surface area contributed by atoms with E-state index in [4.69, 9.17) is 20.4 Å². The molecule has 0 aromatic rings. The normalized spacial score (nSPS) is 11.0. The molecular formula is C13H20O8. The average Bonchev–Trinajstić information content (AvgIpc) is 2.35. The Balaban J connectivity index is 4.12. The van der Waals surface area contributed by atoms with Gasteiger partial charge in [-0.15, -0.1) is 0 Å². The number of carboxylic acid groups (broad SMARTS) is 4. The van der Waals surface area contributed by atoms with Crippen LogP contribution in [0.25, 0.3) is 0 Å². The SMILES string of the molecule is O=C(O)CCCCCCCCC(C(=O)O)(C(=O)O)C(=O)O. The Labute approximate surface area is 121 Å². The Kier molecular flexibility index (Phi) is 8.03. The Morgan fingerprint density at radius 3 is 1.38 bits per heavy atom. The van der Waals surface area contributed by atoms with E-state index >= 15 is 0 Å². The van der Waals surface area contributed by atoms with Crippen LogP contribution in [0, 0.1) is 5.41 Å². The third-order valence-electron chi connectivity index (χ3n) is 3.29. The molecule has 120 valence electrons. The van der Waals surface area contributed by atoms with Gasteiger partial charge < -0.3 is 20.4 Å². The summed E-state index contributed by atoms with van der Waals surface area (Å²) in [5, 5.41) is 35.0. The number of rotatable bonds is 12. The molecule has 0 unspecified atom stereocenters. The first-order chi connectivity index (χ1) is 9.75. The fourth-order valence-corrected chi connectivity index (χ4v) is 1.97. The van der Waals surface area contributed by atoms with Crippen molar-refractivity contribution < 1.29 is 39.6 Å². The standard InChI is InChI=1S/C13H20O8/c14-9(15)7-5-3-1-2-4-6-8-13(10(16)17,11(18)19)12(20)21/h1-8H2,(H,14,15)(H,16,17)(H,18,19)(H,20,21). The molecule has 0 bridgehead atoms. The lowest BCUT2D eigenvalue weighted by atomic mass is 9.82. The molecule has 0 spiro atoms. The minimum Gasteiger partial charge on any atom is -0.481 e. The minimum atomic E-state index is -2.79. The smallest absolute Gasteiger partial charge is 0.332 e. The van der Waals surface area contributed by atoms with Gasteiger partial charge >= 0.3 is 23.9 Å². The predicted molar refractivity (Wildman–Crippen MR) is 69.9 cm³/mol. The summed E-state index contributed by atoms with van der Waals surface area (Å²) in [6.45, 7) is 0. The van der Waals surface area contributed by atoms with Gasteiger partial charge in [-0.25, -0.2) is 0 Å². The largest absolute Gasteiger partial charge is 0.481 e. The fourth-order valence-electron chi connectivity index (χ4n) is 1.97. The second-order valence-electron chi connectivity index (χ2n) is 4.84.